The Hall–Kier alpha value is -2.58. The van der Waals surface area contributed by atoms with Crippen LogP contribution < -0.4 is 5.56 Å². The van der Waals surface area contributed by atoms with Crippen LogP contribution in [0.2, 0.25) is 0 Å². The van der Waals surface area contributed by atoms with Gasteiger partial charge in [0.2, 0.25) is 0 Å². The Balaban J connectivity index is 1.71. The number of pyridine rings is 1. The third-order valence-electron chi connectivity index (χ3n) is 6.88. The van der Waals surface area contributed by atoms with E-state index in [1.807, 2.05) is 23.7 Å². The Bertz CT molecular complexity index is 1150. The first-order valence-corrected chi connectivity index (χ1v) is 12.1. The second-order valence-electron chi connectivity index (χ2n) is 9.82. The maximum Gasteiger partial charge on any atom is 0.252 e. The predicted molar refractivity (Wildman–Crippen MR) is 129 cm³/mol. The van der Waals surface area contributed by atoms with Gasteiger partial charge in [-0.2, -0.15) is 0 Å². The van der Waals surface area contributed by atoms with Crippen LogP contribution in [0.25, 0.3) is 10.9 Å². The van der Waals surface area contributed by atoms with Gasteiger partial charge in [-0.05, 0) is 66.3 Å². The smallest absolute Gasteiger partial charge is 0.252 e. The maximum absolute atomic E-state index is 13.0. The van der Waals surface area contributed by atoms with Crippen molar-refractivity contribution in [1.82, 2.24) is 30.1 Å². The number of aromatic amines is 1. The number of benzene rings is 1. The minimum atomic E-state index is -0.108. The van der Waals surface area contributed by atoms with Gasteiger partial charge >= 0.3 is 0 Å². The van der Waals surface area contributed by atoms with Gasteiger partial charge in [-0.25, -0.2) is 4.68 Å². The fourth-order valence-corrected chi connectivity index (χ4v) is 5.36. The zero-order valence-corrected chi connectivity index (χ0v) is 20.2. The molecule has 2 heterocycles. The van der Waals surface area contributed by atoms with E-state index in [1.54, 1.807) is 0 Å². The minimum Gasteiger partial charge on any atom is -0.395 e. The predicted octanol–water partition coefficient (Wildman–Crippen LogP) is 3.83. The monoisotopic (exact) mass is 452 g/mol. The molecule has 0 amide bonds. The van der Waals surface area contributed by atoms with Gasteiger partial charge in [0.05, 0.1) is 18.7 Å². The van der Waals surface area contributed by atoms with E-state index in [2.05, 4.69) is 52.2 Å². The van der Waals surface area contributed by atoms with Crippen LogP contribution in [-0.4, -0.2) is 48.3 Å². The highest BCUT2D eigenvalue weighted by molar-refractivity contribution is 5.83. The summed E-state index contributed by atoms with van der Waals surface area (Å²) in [7, 11) is 0. The molecule has 1 aliphatic carbocycles. The second-order valence-corrected chi connectivity index (χ2v) is 9.82. The number of tetrazole rings is 1. The molecule has 0 bridgehead atoms. The molecule has 4 rings (SSSR count). The summed E-state index contributed by atoms with van der Waals surface area (Å²) in [6.07, 6.45) is 5.84. The van der Waals surface area contributed by atoms with Crippen molar-refractivity contribution >= 4 is 10.9 Å². The molecule has 0 radical (unpaired) electrons. The SMILES string of the molecule is Cc1cc(C)c2cc(CN(CCO)[C@H](c3nnnn3C3CCCCC3)C(C)C)c(=O)[nH]c2c1. The summed E-state index contributed by atoms with van der Waals surface area (Å²) in [6, 6.07) is 6.34. The third-order valence-corrected chi connectivity index (χ3v) is 6.88. The molecule has 2 N–H and O–H groups in total. The third kappa shape index (κ3) is 5.01. The van der Waals surface area contributed by atoms with Gasteiger partial charge in [-0.15, -0.1) is 5.10 Å². The summed E-state index contributed by atoms with van der Waals surface area (Å²) in [5.74, 6) is 1.03. The molecule has 1 saturated carbocycles. The molecule has 1 aliphatic rings. The molecule has 8 heteroatoms. The number of aryl methyl sites for hydroxylation is 2. The number of nitrogens with zero attached hydrogens (tertiary/aromatic N) is 5. The quantitative estimate of drug-likeness (QED) is 0.539. The number of aliphatic hydroxyl groups is 1. The van der Waals surface area contributed by atoms with Gasteiger partial charge < -0.3 is 10.1 Å². The maximum atomic E-state index is 13.0. The van der Waals surface area contributed by atoms with Gasteiger partial charge in [-0.3, -0.25) is 9.69 Å². The molecule has 0 saturated heterocycles. The lowest BCUT2D eigenvalue weighted by Crippen LogP contribution is -2.38. The number of aliphatic hydroxyl groups excluding tert-OH is 1. The summed E-state index contributed by atoms with van der Waals surface area (Å²) >= 11 is 0. The van der Waals surface area contributed by atoms with Gasteiger partial charge in [0.15, 0.2) is 5.82 Å². The average molecular weight is 453 g/mol. The van der Waals surface area contributed by atoms with E-state index in [1.165, 1.54) is 19.3 Å². The van der Waals surface area contributed by atoms with Gasteiger partial charge in [0.25, 0.3) is 5.56 Å². The van der Waals surface area contributed by atoms with Gasteiger partial charge in [0, 0.05) is 29.6 Å². The first-order chi connectivity index (χ1) is 15.9. The van der Waals surface area contributed by atoms with Crippen molar-refractivity contribution in [2.45, 2.75) is 78.4 Å². The standard InChI is InChI=1S/C25H36N6O2/c1-16(2)23(24-27-28-29-31(24)20-8-6-5-7-9-20)30(10-11-32)15-19-14-21-18(4)12-17(3)13-22(21)26-25(19)33/h12-14,16,20,23,32H,5-11,15H2,1-4H3,(H,26,33)/t23-/m0/s1. The van der Waals surface area contributed by atoms with Crippen molar-refractivity contribution in [3.63, 3.8) is 0 Å². The molecule has 0 aliphatic heterocycles. The summed E-state index contributed by atoms with van der Waals surface area (Å²) in [6.45, 7) is 9.24. The zero-order valence-electron chi connectivity index (χ0n) is 20.2. The zero-order chi connectivity index (χ0) is 23.5. The molecule has 2 aromatic heterocycles. The van der Waals surface area contributed by atoms with Crippen LogP contribution >= 0.6 is 0 Å². The van der Waals surface area contributed by atoms with Gasteiger partial charge in [0.1, 0.15) is 0 Å². The van der Waals surface area contributed by atoms with Crippen molar-refractivity contribution in [3.8, 4) is 0 Å². The molecule has 8 nitrogen and oxygen atoms in total. The first-order valence-electron chi connectivity index (χ1n) is 12.1. The fraction of sp³-hybridized carbons (Fsp3) is 0.600. The van der Waals surface area contributed by atoms with Crippen molar-refractivity contribution in [2.75, 3.05) is 13.2 Å². The number of hydrogen-bond acceptors (Lipinski definition) is 6. The lowest BCUT2D eigenvalue weighted by Gasteiger charge is -2.34. The lowest BCUT2D eigenvalue weighted by atomic mass is 9.94. The Morgan fingerprint density at radius 2 is 1.94 bits per heavy atom. The average Bonchev–Trinajstić information content (AvgIpc) is 3.24. The molecule has 1 aromatic carbocycles. The molecule has 3 aromatic rings. The molecular formula is C25H36N6O2. The van der Waals surface area contributed by atoms with E-state index in [-0.39, 0.29) is 24.1 Å². The van der Waals surface area contributed by atoms with E-state index >= 15 is 0 Å². The van der Waals surface area contributed by atoms with Crippen molar-refractivity contribution < 1.29 is 5.11 Å². The normalized spacial score (nSPS) is 16.2. The molecule has 0 spiro atoms. The highest BCUT2D eigenvalue weighted by atomic mass is 16.3. The van der Waals surface area contributed by atoms with Crippen LogP contribution in [0.15, 0.2) is 23.0 Å². The molecule has 0 unspecified atom stereocenters. The first kappa shape index (κ1) is 23.6. The summed E-state index contributed by atoms with van der Waals surface area (Å²) in [4.78, 5) is 18.2. The Kier molecular flexibility index (Phi) is 7.24. The molecular weight excluding hydrogens is 416 g/mol. The number of rotatable bonds is 8. The van der Waals surface area contributed by atoms with Crippen LogP contribution in [0, 0.1) is 19.8 Å². The Morgan fingerprint density at radius 1 is 1.18 bits per heavy atom. The van der Waals surface area contributed by atoms with Crippen LogP contribution in [0.5, 0.6) is 0 Å². The van der Waals surface area contributed by atoms with Crippen LogP contribution in [0.4, 0.5) is 0 Å². The van der Waals surface area contributed by atoms with E-state index in [9.17, 15) is 9.90 Å². The topological polar surface area (TPSA) is 99.9 Å². The number of hydrogen-bond donors (Lipinski definition) is 2. The summed E-state index contributed by atoms with van der Waals surface area (Å²) in [5.41, 5.74) is 3.71. The van der Waals surface area contributed by atoms with Crippen LogP contribution in [0.1, 0.15) is 80.6 Å². The summed E-state index contributed by atoms with van der Waals surface area (Å²) < 4.78 is 2.01. The summed E-state index contributed by atoms with van der Waals surface area (Å²) in [5, 5.41) is 23.8. The van der Waals surface area contributed by atoms with E-state index in [4.69, 9.17) is 0 Å². The highest BCUT2D eigenvalue weighted by Gasteiger charge is 2.32. The second kappa shape index (κ2) is 10.1. The Labute approximate surface area is 195 Å². The number of aromatic nitrogens is 5. The fourth-order valence-electron chi connectivity index (χ4n) is 5.36. The molecule has 33 heavy (non-hydrogen) atoms. The van der Waals surface area contributed by atoms with Crippen LogP contribution in [0.3, 0.4) is 0 Å². The largest absolute Gasteiger partial charge is 0.395 e. The van der Waals surface area contributed by atoms with Crippen LogP contribution in [-0.2, 0) is 6.54 Å². The minimum absolute atomic E-state index is 0.00206. The van der Waals surface area contributed by atoms with Gasteiger partial charge in [-0.1, -0.05) is 39.2 Å². The van der Waals surface area contributed by atoms with E-state index in [0.29, 0.717) is 24.7 Å². The number of nitrogens with one attached hydrogen (secondary N) is 1. The highest BCUT2D eigenvalue weighted by Crippen LogP contribution is 2.33. The van der Waals surface area contributed by atoms with E-state index in [0.717, 1.165) is 40.7 Å². The van der Waals surface area contributed by atoms with Crippen molar-refractivity contribution in [2.24, 2.45) is 5.92 Å². The molecule has 1 atom stereocenters. The van der Waals surface area contributed by atoms with Crippen molar-refractivity contribution in [1.29, 1.82) is 0 Å². The van der Waals surface area contributed by atoms with E-state index < -0.39 is 0 Å². The number of H-pyrrole nitrogens is 1. The number of fused-ring (bicyclic) bond motifs is 1. The Morgan fingerprint density at radius 3 is 2.64 bits per heavy atom. The molecule has 1 fully saturated rings. The molecule has 178 valence electrons. The van der Waals surface area contributed by atoms with Crippen molar-refractivity contribution in [3.05, 3.63) is 51.1 Å². The lowest BCUT2D eigenvalue weighted by molar-refractivity contribution is 0.103.